The Balaban J connectivity index is 2.57. The number of ether oxygens (including phenoxy) is 1. The number of fused-ring (bicyclic) bond motifs is 1. The van der Waals surface area contributed by atoms with Crippen molar-refractivity contribution in [3.63, 3.8) is 0 Å². The molecule has 2 N–H and O–H groups in total. The van der Waals surface area contributed by atoms with Gasteiger partial charge >= 0.3 is 0 Å². The molecule has 1 aromatic carbocycles. The van der Waals surface area contributed by atoms with Gasteiger partial charge in [0, 0.05) is 12.6 Å². The van der Waals surface area contributed by atoms with Gasteiger partial charge in [-0.05, 0) is 17.6 Å². The molecule has 0 amide bonds. The summed E-state index contributed by atoms with van der Waals surface area (Å²) in [5.74, 6) is 0.400. The van der Waals surface area contributed by atoms with Crippen LogP contribution in [-0.4, -0.2) is 18.3 Å². The first kappa shape index (κ1) is 11.5. The SMILES string of the molecule is Cc1c(Cl)c(Cl)cc2onc(OCCN)c12. The second-order valence-electron chi connectivity index (χ2n) is 3.30. The summed E-state index contributed by atoms with van der Waals surface area (Å²) in [6.45, 7) is 2.62. The zero-order valence-corrected chi connectivity index (χ0v) is 10.1. The molecule has 0 spiro atoms. The van der Waals surface area contributed by atoms with Gasteiger partial charge < -0.3 is 15.0 Å². The van der Waals surface area contributed by atoms with Crippen molar-refractivity contribution in [2.45, 2.75) is 6.92 Å². The lowest BCUT2D eigenvalue weighted by Gasteiger charge is -2.03. The molecular formula is C10H10Cl2N2O2. The van der Waals surface area contributed by atoms with Crippen LogP contribution in [0.25, 0.3) is 11.0 Å². The van der Waals surface area contributed by atoms with Crippen LogP contribution in [0.1, 0.15) is 5.56 Å². The van der Waals surface area contributed by atoms with E-state index in [4.69, 9.17) is 38.2 Å². The summed E-state index contributed by atoms with van der Waals surface area (Å²) in [7, 11) is 0. The molecule has 16 heavy (non-hydrogen) atoms. The molecule has 2 aromatic rings. The van der Waals surface area contributed by atoms with Crippen molar-refractivity contribution in [1.29, 1.82) is 0 Å². The maximum absolute atomic E-state index is 6.04. The third-order valence-electron chi connectivity index (χ3n) is 2.22. The zero-order chi connectivity index (χ0) is 11.7. The summed E-state index contributed by atoms with van der Waals surface area (Å²) in [5.41, 5.74) is 6.69. The third kappa shape index (κ3) is 1.84. The minimum Gasteiger partial charge on any atom is -0.474 e. The van der Waals surface area contributed by atoms with E-state index in [1.165, 1.54) is 0 Å². The minimum absolute atomic E-state index is 0.376. The van der Waals surface area contributed by atoms with Crippen molar-refractivity contribution in [2.75, 3.05) is 13.2 Å². The van der Waals surface area contributed by atoms with Gasteiger partial charge in [-0.2, -0.15) is 0 Å². The van der Waals surface area contributed by atoms with Gasteiger partial charge in [0.1, 0.15) is 6.61 Å². The summed E-state index contributed by atoms with van der Waals surface area (Å²) in [4.78, 5) is 0. The minimum atomic E-state index is 0.376. The second kappa shape index (κ2) is 4.49. The van der Waals surface area contributed by atoms with Crippen molar-refractivity contribution >= 4 is 34.2 Å². The monoisotopic (exact) mass is 260 g/mol. The van der Waals surface area contributed by atoms with E-state index in [-0.39, 0.29) is 0 Å². The first-order valence-corrected chi connectivity index (χ1v) is 5.47. The molecule has 0 saturated carbocycles. The van der Waals surface area contributed by atoms with Crippen molar-refractivity contribution in [1.82, 2.24) is 5.16 Å². The molecule has 0 radical (unpaired) electrons. The standard InChI is InChI=1S/C10H10Cl2N2O2/c1-5-8-7(4-6(11)9(5)12)16-14-10(8)15-3-2-13/h4H,2-3,13H2,1H3. The Morgan fingerprint density at radius 1 is 1.50 bits per heavy atom. The molecule has 1 heterocycles. The first-order valence-electron chi connectivity index (χ1n) is 4.72. The largest absolute Gasteiger partial charge is 0.474 e. The van der Waals surface area contributed by atoms with Crippen LogP contribution in [0.2, 0.25) is 10.0 Å². The molecule has 0 bridgehead atoms. The average Bonchev–Trinajstić information content (AvgIpc) is 2.66. The number of nitrogens with two attached hydrogens (primary N) is 1. The quantitative estimate of drug-likeness (QED) is 0.922. The lowest BCUT2D eigenvalue weighted by Crippen LogP contribution is -2.10. The Hall–Kier alpha value is -0.970. The van der Waals surface area contributed by atoms with Crippen LogP contribution >= 0.6 is 23.2 Å². The predicted octanol–water partition coefficient (Wildman–Crippen LogP) is 2.78. The lowest BCUT2D eigenvalue weighted by molar-refractivity contribution is 0.293. The van der Waals surface area contributed by atoms with Crippen LogP contribution in [0.5, 0.6) is 5.88 Å². The maximum Gasteiger partial charge on any atom is 0.262 e. The molecule has 0 aliphatic rings. The van der Waals surface area contributed by atoms with Gasteiger partial charge in [-0.25, -0.2) is 0 Å². The number of aromatic nitrogens is 1. The molecule has 0 atom stereocenters. The molecule has 0 unspecified atom stereocenters. The van der Waals surface area contributed by atoms with Crippen LogP contribution < -0.4 is 10.5 Å². The molecule has 6 heteroatoms. The highest BCUT2D eigenvalue weighted by atomic mass is 35.5. The number of halogens is 2. The Labute approximate surface area is 102 Å². The predicted molar refractivity (Wildman–Crippen MR) is 63.3 cm³/mol. The maximum atomic E-state index is 6.04. The molecular weight excluding hydrogens is 251 g/mol. The summed E-state index contributed by atoms with van der Waals surface area (Å²) < 4.78 is 10.5. The van der Waals surface area contributed by atoms with Crippen LogP contribution in [0.15, 0.2) is 10.6 Å². The number of hydrogen-bond donors (Lipinski definition) is 1. The van der Waals surface area contributed by atoms with Gasteiger partial charge in [0.15, 0.2) is 5.58 Å². The highest BCUT2D eigenvalue weighted by Gasteiger charge is 2.16. The second-order valence-corrected chi connectivity index (χ2v) is 4.08. The van der Waals surface area contributed by atoms with Crippen molar-refractivity contribution in [3.05, 3.63) is 21.7 Å². The smallest absolute Gasteiger partial charge is 0.262 e. The Morgan fingerprint density at radius 2 is 2.25 bits per heavy atom. The fourth-order valence-electron chi connectivity index (χ4n) is 1.45. The lowest BCUT2D eigenvalue weighted by atomic mass is 10.1. The normalized spacial score (nSPS) is 11.0. The summed E-state index contributed by atoms with van der Waals surface area (Å²) in [6.07, 6.45) is 0. The van der Waals surface area contributed by atoms with E-state index in [1.807, 2.05) is 6.92 Å². The van der Waals surface area contributed by atoms with Gasteiger partial charge in [-0.3, -0.25) is 0 Å². The van der Waals surface area contributed by atoms with E-state index < -0.39 is 0 Å². The van der Waals surface area contributed by atoms with Gasteiger partial charge in [0.2, 0.25) is 0 Å². The fourth-order valence-corrected chi connectivity index (χ4v) is 1.84. The van der Waals surface area contributed by atoms with E-state index in [9.17, 15) is 0 Å². The summed E-state index contributed by atoms with van der Waals surface area (Å²) >= 11 is 12.0. The number of aryl methyl sites for hydroxylation is 1. The molecule has 0 fully saturated rings. The van der Waals surface area contributed by atoms with Crippen LogP contribution in [0, 0.1) is 6.92 Å². The fraction of sp³-hybridized carbons (Fsp3) is 0.300. The van der Waals surface area contributed by atoms with E-state index >= 15 is 0 Å². The molecule has 0 saturated heterocycles. The molecule has 1 aromatic heterocycles. The first-order chi connectivity index (χ1) is 7.65. The van der Waals surface area contributed by atoms with E-state index in [1.54, 1.807) is 6.07 Å². The van der Waals surface area contributed by atoms with Gasteiger partial charge in [0.25, 0.3) is 5.88 Å². The van der Waals surface area contributed by atoms with Gasteiger partial charge in [-0.1, -0.05) is 23.2 Å². The van der Waals surface area contributed by atoms with Gasteiger partial charge in [0.05, 0.1) is 15.4 Å². The van der Waals surface area contributed by atoms with Crippen LogP contribution in [0.3, 0.4) is 0 Å². The number of nitrogens with zero attached hydrogens (tertiary/aromatic N) is 1. The van der Waals surface area contributed by atoms with Crippen LogP contribution in [-0.2, 0) is 0 Å². The number of benzene rings is 1. The average molecular weight is 261 g/mol. The summed E-state index contributed by atoms with van der Waals surface area (Å²) in [5, 5.41) is 5.46. The molecule has 0 aliphatic carbocycles. The number of rotatable bonds is 3. The molecule has 86 valence electrons. The topological polar surface area (TPSA) is 61.3 Å². The highest BCUT2D eigenvalue weighted by molar-refractivity contribution is 6.43. The number of hydrogen-bond acceptors (Lipinski definition) is 4. The van der Waals surface area contributed by atoms with Crippen LogP contribution in [0.4, 0.5) is 0 Å². The van der Waals surface area contributed by atoms with E-state index in [0.717, 1.165) is 10.9 Å². The Bertz CT molecular complexity index is 525. The third-order valence-corrected chi connectivity index (χ3v) is 3.10. The molecule has 0 aliphatic heterocycles. The van der Waals surface area contributed by atoms with Gasteiger partial charge in [-0.15, -0.1) is 0 Å². The van der Waals surface area contributed by atoms with E-state index in [0.29, 0.717) is 34.7 Å². The van der Waals surface area contributed by atoms with Crippen molar-refractivity contribution < 1.29 is 9.26 Å². The molecule has 2 rings (SSSR count). The summed E-state index contributed by atoms with van der Waals surface area (Å²) in [6, 6.07) is 1.62. The Morgan fingerprint density at radius 3 is 2.94 bits per heavy atom. The van der Waals surface area contributed by atoms with E-state index in [2.05, 4.69) is 5.16 Å². The molecule has 4 nitrogen and oxygen atoms in total. The zero-order valence-electron chi connectivity index (χ0n) is 8.59. The van der Waals surface area contributed by atoms with Crippen molar-refractivity contribution in [2.24, 2.45) is 5.73 Å². The Kier molecular flexibility index (Phi) is 3.23. The highest BCUT2D eigenvalue weighted by Crippen LogP contribution is 2.36. The van der Waals surface area contributed by atoms with Crippen molar-refractivity contribution in [3.8, 4) is 5.88 Å².